The monoisotopic (exact) mass is 326 g/mol. The van der Waals surface area contributed by atoms with Crippen molar-refractivity contribution >= 4 is 15.9 Å². The molecule has 21 heavy (non-hydrogen) atoms. The second kappa shape index (κ2) is 5.92. The number of ether oxygens (including phenoxy) is 1. The minimum absolute atomic E-state index is 0.000116. The fourth-order valence-corrected chi connectivity index (χ4v) is 2.05. The first-order chi connectivity index (χ1) is 9.51. The van der Waals surface area contributed by atoms with Gasteiger partial charge in [0.25, 0.3) is 0 Å². The molecule has 0 heterocycles. The van der Waals surface area contributed by atoms with Gasteiger partial charge in [-0.2, -0.15) is 21.6 Å². The smallest absolute Gasteiger partial charge is 0.493 e. The molecule has 0 unspecified atom stereocenters. The summed E-state index contributed by atoms with van der Waals surface area (Å²) in [5, 5.41) is 0. The number of halogens is 3. The summed E-state index contributed by atoms with van der Waals surface area (Å²) in [7, 11) is -5.78. The van der Waals surface area contributed by atoms with Gasteiger partial charge in [-0.3, -0.25) is 4.79 Å². The van der Waals surface area contributed by atoms with E-state index >= 15 is 0 Å². The van der Waals surface area contributed by atoms with Gasteiger partial charge in [0, 0.05) is 5.56 Å². The molecule has 1 aromatic carbocycles. The molecule has 5 nitrogen and oxygen atoms in total. The summed E-state index contributed by atoms with van der Waals surface area (Å²) in [5.41, 5.74) is -5.41. The minimum Gasteiger partial charge on any atom is -0.493 e. The van der Waals surface area contributed by atoms with E-state index in [0.717, 1.165) is 12.1 Å². The van der Waals surface area contributed by atoms with E-state index in [2.05, 4.69) is 4.18 Å². The predicted octanol–water partition coefficient (Wildman–Crippen LogP) is 2.82. The van der Waals surface area contributed by atoms with E-state index in [1.54, 1.807) is 6.92 Å². The Morgan fingerprint density at radius 1 is 1.29 bits per heavy atom. The van der Waals surface area contributed by atoms with E-state index in [1.165, 1.54) is 13.8 Å². The van der Waals surface area contributed by atoms with Crippen molar-refractivity contribution in [2.45, 2.75) is 26.3 Å². The van der Waals surface area contributed by atoms with Gasteiger partial charge in [0.2, 0.25) is 0 Å². The molecule has 0 atom stereocenters. The minimum atomic E-state index is -5.78. The number of carbonyl (C=O) groups is 1. The fraction of sp³-hybridized carbons (Fsp3) is 0.417. The highest BCUT2D eigenvalue weighted by atomic mass is 32.2. The molecule has 0 radical (unpaired) electrons. The number of ketones is 1. The van der Waals surface area contributed by atoms with Crippen LogP contribution in [0, 0.1) is 6.92 Å². The Balaban J connectivity index is 3.35. The highest BCUT2D eigenvalue weighted by Gasteiger charge is 2.48. The van der Waals surface area contributed by atoms with Crippen LogP contribution < -0.4 is 8.92 Å². The maximum atomic E-state index is 12.3. The van der Waals surface area contributed by atoms with Crippen LogP contribution in [0.2, 0.25) is 0 Å². The Kier molecular flexibility index (Phi) is 4.87. The van der Waals surface area contributed by atoms with Crippen molar-refractivity contribution in [2.24, 2.45) is 0 Å². The largest absolute Gasteiger partial charge is 0.534 e. The van der Waals surface area contributed by atoms with Crippen LogP contribution in [0.15, 0.2) is 12.1 Å². The maximum Gasteiger partial charge on any atom is 0.534 e. The Morgan fingerprint density at radius 2 is 1.86 bits per heavy atom. The van der Waals surface area contributed by atoms with Crippen LogP contribution in [0.4, 0.5) is 13.2 Å². The number of rotatable bonds is 5. The second-order valence-corrected chi connectivity index (χ2v) is 5.58. The van der Waals surface area contributed by atoms with Gasteiger partial charge in [-0.1, -0.05) is 0 Å². The van der Waals surface area contributed by atoms with E-state index in [4.69, 9.17) is 4.74 Å². The summed E-state index contributed by atoms with van der Waals surface area (Å²) >= 11 is 0. The van der Waals surface area contributed by atoms with Crippen molar-refractivity contribution in [3.05, 3.63) is 23.3 Å². The van der Waals surface area contributed by atoms with E-state index in [-0.39, 0.29) is 29.3 Å². The van der Waals surface area contributed by atoms with Crippen molar-refractivity contribution in [3.8, 4) is 11.5 Å². The highest BCUT2D eigenvalue weighted by Crippen LogP contribution is 2.35. The van der Waals surface area contributed by atoms with Gasteiger partial charge in [0.1, 0.15) is 11.5 Å². The third-order valence-electron chi connectivity index (χ3n) is 2.51. The summed E-state index contributed by atoms with van der Waals surface area (Å²) in [6, 6.07) is 2.14. The molecule has 0 N–H and O–H groups in total. The quantitative estimate of drug-likeness (QED) is 0.473. The third kappa shape index (κ3) is 3.66. The van der Waals surface area contributed by atoms with Gasteiger partial charge in [-0.25, -0.2) is 0 Å². The molecule has 0 aliphatic heterocycles. The predicted molar refractivity (Wildman–Crippen MR) is 68.0 cm³/mol. The first-order valence-electron chi connectivity index (χ1n) is 5.79. The number of carbonyl (C=O) groups excluding carboxylic acids is 1. The topological polar surface area (TPSA) is 69.7 Å². The van der Waals surface area contributed by atoms with Crippen molar-refractivity contribution in [1.29, 1.82) is 0 Å². The van der Waals surface area contributed by atoms with Gasteiger partial charge >= 0.3 is 15.6 Å². The number of alkyl halides is 3. The van der Waals surface area contributed by atoms with E-state index in [9.17, 15) is 26.4 Å². The second-order valence-electron chi connectivity index (χ2n) is 4.04. The molecule has 0 bridgehead atoms. The van der Waals surface area contributed by atoms with Crippen LogP contribution in [0.3, 0.4) is 0 Å². The normalized spacial score (nSPS) is 12.1. The molecule has 0 amide bonds. The molecule has 0 saturated carbocycles. The Morgan fingerprint density at radius 3 is 2.29 bits per heavy atom. The lowest BCUT2D eigenvalue weighted by atomic mass is 10.1. The molecule has 0 aliphatic rings. The number of benzene rings is 1. The maximum absolute atomic E-state index is 12.3. The molecule has 0 aliphatic carbocycles. The zero-order valence-electron chi connectivity index (χ0n) is 11.4. The SMILES string of the molecule is CCOc1c(C(C)=O)ccc(OS(=O)(=O)C(F)(F)F)c1C. The summed E-state index contributed by atoms with van der Waals surface area (Å²) in [6.45, 7) is 4.32. The summed E-state index contributed by atoms with van der Waals surface area (Å²) in [4.78, 5) is 11.4. The van der Waals surface area contributed by atoms with Crippen molar-refractivity contribution in [3.63, 3.8) is 0 Å². The van der Waals surface area contributed by atoms with Crippen LogP contribution in [0.25, 0.3) is 0 Å². The standard InChI is InChI=1S/C12H13F3O5S/c1-4-19-11-7(2)10(6-5-9(11)8(3)16)20-21(17,18)12(13,14)15/h5-6H,4H2,1-3H3. The molecule has 118 valence electrons. The lowest BCUT2D eigenvalue weighted by Gasteiger charge is -2.16. The van der Waals surface area contributed by atoms with E-state index in [1.807, 2.05) is 0 Å². The zero-order valence-corrected chi connectivity index (χ0v) is 12.3. The van der Waals surface area contributed by atoms with Crippen LogP contribution in [0.1, 0.15) is 29.8 Å². The van der Waals surface area contributed by atoms with Crippen LogP contribution >= 0.6 is 0 Å². The average Bonchev–Trinajstić information content (AvgIpc) is 2.32. The van der Waals surface area contributed by atoms with E-state index in [0.29, 0.717) is 0 Å². The van der Waals surface area contributed by atoms with Gasteiger partial charge < -0.3 is 8.92 Å². The third-order valence-corrected chi connectivity index (χ3v) is 3.47. The number of hydrogen-bond donors (Lipinski definition) is 0. The Labute approximate surface area is 119 Å². The molecule has 0 fully saturated rings. The summed E-state index contributed by atoms with van der Waals surface area (Å²) in [5.74, 6) is -0.910. The summed E-state index contributed by atoms with van der Waals surface area (Å²) < 4.78 is 68.2. The lowest BCUT2D eigenvalue weighted by Crippen LogP contribution is -2.28. The molecule has 0 spiro atoms. The van der Waals surface area contributed by atoms with Crippen molar-refractivity contribution in [2.75, 3.05) is 6.61 Å². The summed E-state index contributed by atoms with van der Waals surface area (Å²) in [6.07, 6.45) is 0. The number of Topliss-reactive ketones (excluding diaryl/α,β-unsaturated/α-hetero) is 1. The van der Waals surface area contributed by atoms with Gasteiger partial charge in [-0.15, -0.1) is 0 Å². The Bertz CT molecular complexity index is 650. The molecule has 1 aromatic rings. The van der Waals surface area contributed by atoms with Crippen LogP contribution in [0.5, 0.6) is 11.5 Å². The van der Waals surface area contributed by atoms with Gasteiger partial charge in [0.15, 0.2) is 5.78 Å². The van der Waals surface area contributed by atoms with Gasteiger partial charge in [0.05, 0.1) is 12.2 Å². The zero-order chi connectivity index (χ0) is 16.4. The number of hydrogen-bond acceptors (Lipinski definition) is 5. The fourth-order valence-electron chi connectivity index (χ4n) is 1.54. The molecular formula is C12H13F3O5S. The molecule has 9 heteroatoms. The molecular weight excluding hydrogens is 313 g/mol. The van der Waals surface area contributed by atoms with Crippen molar-refractivity contribution < 1.29 is 35.3 Å². The van der Waals surface area contributed by atoms with Crippen LogP contribution in [-0.2, 0) is 10.1 Å². The lowest BCUT2D eigenvalue weighted by molar-refractivity contribution is -0.0500. The average molecular weight is 326 g/mol. The van der Waals surface area contributed by atoms with Crippen molar-refractivity contribution in [1.82, 2.24) is 0 Å². The first-order valence-corrected chi connectivity index (χ1v) is 7.20. The molecule has 1 rings (SSSR count). The highest BCUT2D eigenvalue weighted by molar-refractivity contribution is 7.88. The van der Waals surface area contributed by atoms with Crippen LogP contribution in [-0.4, -0.2) is 26.3 Å². The Hall–Kier alpha value is -1.77. The van der Waals surface area contributed by atoms with Gasteiger partial charge in [-0.05, 0) is 32.9 Å². The molecule has 0 saturated heterocycles. The molecule has 0 aromatic heterocycles. The first kappa shape index (κ1) is 17.3. The van der Waals surface area contributed by atoms with E-state index < -0.39 is 21.4 Å².